The topological polar surface area (TPSA) is 117 Å². The Morgan fingerprint density at radius 2 is 1.43 bits per heavy atom. The first-order chi connectivity index (χ1) is 5.43. The van der Waals surface area contributed by atoms with Crippen molar-refractivity contribution in [2.75, 3.05) is 0 Å². The van der Waals surface area contributed by atoms with Crippen LogP contribution in [0.1, 0.15) is 11.1 Å². The van der Waals surface area contributed by atoms with Crippen LogP contribution in [0.15, 0.2) is 23.1 Å². The molecule has 5 N–H and O–H groups in total. The van der Waals surface area contributed by atoms with Crippen molar-refractivity contribution in [1.29, 1.82) is 0 Å². The van der Waals surface area contributed by atoms with Gasteiger partial charge in [-0.2, -0.15) is 8.42 Å². The number of aryl methyl sites for hydroxylation is 2. The van der Waals surface area contributed by atoms with E-state index in [9.17, 15) is 8.42 Å². The van der Waals surface area contributed by atoms with Crippen LogP contribution in [-0.2, 0) is 10.1 Å². The van der Waals surface area contributed by atoms with E-state index in [1.165, 1.54) is 0 Å². The summed E-state index contributed by atoms with van der Waals surface area (Å²) in [4.78, 5) is 0.0185. The Morgan fingerprint density at radius 3 is 1.64 bits per heavy atom. The van der Waals surface area contributed by atoms with Gasteiger partial charge in [0.05, 0.1) is 4.90 Å². The SMILES string of the molecule is Cc1cccc(C)c1S(=O)(=O)O.O.O. The molecule has 0 spiro atoms. The lowest BCUT2D eigenvalue weighted by Gasteiger charge is -2.04. The highest BCUT2D eigenvalue weighted by Crippen LogP contribution is 2.18. The van der Waals surface area contributed by atoms with Gasteiger partial charge < -0.3 is 11.0 Å². The average molecular weight is 222 g/mol. The molecule has 0 bridgehead atoms. The first kappa shape index (κ1) is 15.5. The predicted octanol–water partition coefficient (Wildman–Crippen LogP) is -0.0993. The quantitative estimate of drug-likeness (QED) is 0.668. The third kappa shape index (κ3) is 3.08. The lowest BCUT2D eigenvalue weighted by molar-refractivity contribution is 0.482. The van der Waals surface area contributed by atoms with Crippen molar-refractivity contribution < 1.29 is 23.9 Å². The number of hydrogen-bond donors (Lipinski definition) is 1. The minimum Gasteiger partial charge on any atom is -0.412 e. The summed E-state index contributed by atoms with van der Waals surface area (Å²) in [6, 6.07) is 5.05. The second kappa shape index (κ2) is 5.06. The zero-order valence-electron chi connectivity index (χ0n) is 7.90. The monoisotopic (exact) mass is 222 g/mol. The van der Waals surface area contributed by atoms with E-state index in [2.05, 4.69) is 0 Å². The van der Waals surface area contributed by atoms with Gasteiger partial charge in [-0.3, -0.25) is 4.55 Å². The highest BCUT2D eigenvalue weighted by Gasteiger charge is 2.14. The van der Waals surface area contributed by atoms with Crippen LogP contribution in [0.5, 0.6) is 0 Å². The van der Waals surface area contributed by atoms with Crippen LogP contribution in [0.25, 0.3) is 0 Å². The summed E-state index contributed by atoms with van der Waals surface area (Å²) in [5.41, 5.74) is 1.13. The summed E-state index contributed by atoms with van der Waals surface area (Å²) < 4.78 is 30.5. The molecule has 0 aliphatic rings. The maximum atomic E-state index is 10.8. The Labute approximate surface area is 82.8 Å². The van der Waals surface area contributed by atoms with E-state index in [0.29, 0.717) is 11.1 Å². The van der Waals surface area contributed by atoms with Gasteiger partial charge in [0.1, 0.15) is 0 Å². The summed E-state index contributed by atoms with van der Waals surface area (Å²) in [5.74, 6) is 0. The van der Waals surface area contributed by atoms with Gasteiger partial charge in [0.2, 0.25) is 0 Å². The number of hydrogen-bond acceptors (Lipinski definition) is 2. The molecule has 0 amide bonds. The maximum Gasteiger partial charge on any atom is 0.295 e. The Morgan fingerprint density at radius 1 is 1.07 bits per heavy atom. The van der Waals surface area contributed by atoms with Gasteiger partial charge in [0.15, 0.2) is 0 Å². The summed E-state index contributed by atoms with van der Waals surface area (Å²) in [6.45, 7) is 3.30. The van der Waals surface area contributed by atoms with Crippen molar-refractivity contribution in [2.45, 2.75) is 18.7 Å². The Balaban J connectivity index is 0. The zero-order valence-corrected chi connectivity index (χ0v) is 8.72. The van der Waals surface area contributed by atoms with Crippen LogP contribution in [-0.4, -0.2) is 23.9 Å². The van der Waals surface area contributed by atoms with Crippen molar-refractivity contribution in [1.82, 2.24) is 0 Å². The first-order valence-corrected chi connectivity index (χ1v) is 4.90. The standard InChI is InChI=1S/C8H10O3S.2H2O/c1-6-4-3-5-7(2)8(6)12(9,10)11;;/h3-5H,1-2H3,(H,9,10,11);2*1H2. The summed E-state index contributed by atoms with van der Waals surface area (Å²) >= 11 is 0. The molecule has 0 saturated carbocycles. The molecular weight excluding hydrogens is 208 g/mol. The number of benzene rings is 1. The van der Waals surface area contributed by atoms with Gasteiger partial charge in [-0.25, -0.2) is 0 Å². The molecule has 1 aromatic carbocycles. The normalized spacial score (nSPS) is 9.93. The second-order valence-electron chi connectivity index (χ2n) is 2.70. The summed E-state index contributed by atoms with van der Waals surface area (Å²) in [6.07, 6.45) is 0. The van der Waals surface area contributed by atoms with Crippen LogP contribution >= 0.6 is 0 Å². The van der Waals surface area contributed by atoms with Gasteiger partial charge in [-0.1, -0.05) is 18.2 Å². The van der Waals surface area contributed by atoms with Gasteiger partial charge in [-0.05, 0) is 25.0 Å². The molecule has 14 heavy (non-hydrogen) atoms. The van der Waals surface area contributed by atoms with Crippen molar-refractivity contribution in [3.63, 3.8) is 0 Å². The molecule has 0 aliphatic carbocycles. The van der Waals surface area contributed by atoms with E-state index >= 15 is 0 Å². The van der Waals surface area contributed by atoms with Crippen LogP contribution in [0.4, 0.5) is 0 Å². The first-order valence-electron chi connectivity index (χ1n) is 3.46. The Hall–Kier alpha value is -0.950. The van der Waals surface area contributed by atoms with Crippen molar-refractivity contribution in [2.24, 2.45) is 0 Å². The minimum atomic E-state index is -4.06. The van der Waals surface area contributed by atoms with E-state index in [1.807, 2.05) is 0 Å². The smallest absolute Gasteiger partial charge is 0.295 e. The van der Waals surface area contributed by atoms with Crippen LogP contribution in [0.2, 0.25) is 0 Å². The zero-order chi connectivity index (χ0) is 9.35. The van der Waals surface area contributed by atoms with E-state index in [-0.39, 0.29) is 15.8 Å². The Kier molecular flexibility index (Phi) is 5.61. The minimum absolute atomic E-state index is 0. The largest absolute Gasteiger partial charge is 0.412 e. The highest BCUT2D eigenvalue weighted by atomic mass is 32.2. The lowest BCUT2D eigenvalue weighted by atomic mass is 10.2. The third-order valence-corrected chi connectivity index (χ3v) is 2.83. The molecule has 0 atom stereocenters. The molecule has 0 unspecified atom stereocenters. The van der Waals surface area contributed by atoms with Gasteiger partial charge in [-0.15, -0.1) is 0 Å². The molecule has 0 fully saturated rings. The molecule has 6 heteroatoms. The van der Waals surface area contributed by atoms with Crippen LogP contribution < -0.4 is 0 Å². The number of rotatable bonds is 1. The summed E-state index contributed by atoms with van der Waals surface area (Å²) in [7, 11) is -4.06. The fraction of sp³-hybridized carbons (Fsp3) is 0.250. The van der Waals surface area contributed by atoms with E-state index in [0.717, 1.165) is 0 Å². The van der Waals surface area contributed by atoms with Crippen LogP contribution in [0.3, 0.4) is 0 Å². The molecule has 0 radical (unpaired) electrons. The van der Waals surface area contributed by atoms with Gasteiger partial charge in [0, 0.05) is 0 Å². The highest BCUT2D eigenvalue weighted by molar-refractivity contribution is 7.86. The van der Waals surface area contributed by atoms with Crippen molar-refractivity contribution >= 4 is 10.1 Å². The molecule has 0 aromatic heterocycles. The van der Waals surface area contributed by atoms with Gasteiger partial charge in [0.25, 0.3) is 10.1 Å². The molecule has 1 rings (SSSR count). The van der Waals surface area contributed by atoms with Crippen molar-refractivity contribution in [3.8, 4) is 0 Å². The fourth-order valence-corrected chi connectivity index (χ4v) is 2.16. The fourth-order valence-electron chi connectivity index (χ4n) is 1.21. The van der Waals surface area contributed by atoms with Gasteiger partial charge >= 0.3 is 0 Å². The second-order valence-corrected chi connectivity index (χ2v) is 4.05. The third-order valence-electron chi connectivity index (χ3n) is 1.67. The molecule has 0 aliphatic heterocycles. The van der Waals surface area contributed by atoms with E-state index < -0.39 is 10.1 Å². The molecule has 0 heterocycles. The molecule has 1 aromatic rings. The summed E-state index contributed by atoms with van der Waals surface area (Å²) in [5, 5.41) is 0. The van der Waals surface area contributed by atoms with Crippen LogP contribution in [0, 0.1) is 13.8 Å². The average Bonchev–Trinajstić information content (AvgIpc) is 1.82. The van der Waals surface area contributed by atoms with E-state index in [4.69, 9.17) is 4.55 Å². The van der Waals surface area contributed by atoms with Crippen molar-refractivity contribution in [3.05, 3.63) is 29.3 Å². The molecule has 0 saturated heterocycles. The maximum absolute atomic E-state index is 10.8. The molecular formula is C8H14O5S. The van der Waals surface area contributed by atoms with E-state index in [1.54, 1.807) is 32.0 Å². The Bertz CT molecular complexity index is 376. The molecule has 5 nitrogen and oxygen atoms in total. The molecule has 82 valence electrons. The lowest BCUT2D eigenvalue weighted by Crippen LogP contribution is -2.03. The predicted molar refractivity (Wildman–Crippen MR) is 53.0 cm³/mol.